The summed E-state index contributed by atoms with van der Waals surface area (Å²) in [6, 6.07) is 0.324. The molecule has 2 heterocycles. The van der Waals surface area contributed by atoms with Gasteiger partial charge in [-0.3, -0.25) is 4.68 Å². The molecular formula is C6H8ClN3O. The Morgan fingerprint density at radius 2 is 2.45 bits per heavy atom. The van der Waals surface area contributed by atoms with E-state index in [-0.39, 0.29) is 0 Å². The van der Waals surface area contributed by atoms with Crippen molar-refractivity contribution in [3.05, 3.63) is 11.2 Å². The van der Waals surface area contributed by atoms with E-state index >= 15 is 0 Å². The second-order valence-corrected chi connectivity index (χ2v) is 2.94. The number of ether oxygens (including phenoxy) is 1. The minimum atomic E-state index is 0.324. The molecule has 1 fully saturated rings. The number of hydrogen-bond acceptors (Lipinski definition) is 3. The maximum Gasteiger partial charge on any atom is 0.164 e. The topological polar surface area (TPSA) is 53.1 Å². The summed E-state index contributed by atoms with van der Waals surface area (Å²) in [6.45, 7) is 1.41. The Morgan fingerprint density at radius 1 is 1.73 bits per heavy atom. The van der Waals surface area contributed by atoms with Gasteiger partial charge in [0.25, 0.3) is 0 Å². The number of rotatable bonds is 1. The number of anilines is 1. The highest BCUT2D eigenvalue weighted by Crippen LogP contribution is 2.22. The lowest BCUT2D eigenvalue weighted by molar-refractivity contribution is -0.0285. The van der Waals surface area contributed by atoms with E-state index in [2.05, 4.69) is 5.10 Å². The molecule has 5 heteroatoms. The molecule has 0 aromatic carbocycles. The SMILES string of the molecule is Nc1nn(C2COC2)cc1Cl. The molecule has 0 atom stereocenters. The lowest BCUT2D eigenvalue weighted by Gasteiger charge is -2.25. The minimum Gasteiger partial charge on any atom is -0.381 e. The minimum absolute atomic E-state index is 0.324. The highest BCUT2D eigenvalue weighted by Gasteiger charge is 2.21. The van der Waals surface area contributed by atoms with E-state index in [1.807, 2.05) is 0 Å². The predicted octanol–water partition coefficient (Wildman–Crippen LogP) is 0.690. The molecule has 0 unspecified atom stereocenters. The van der Waals surface area contributed by atoms with Crippen LogP contribution in [0, 0.1) is 0 Å². The van der Waals surface area contributed by atoms with Crippen LogP contribution in [0.5, 0.6) is 0 Å². The van der Waals surface area contributed by atoms with E-state index < -0.39 is 0 Å². The van der Waals surface area contributed by atoms with Gasteiger partial charge < -0.3 is 10.5 Å². The summed E-state index contributed by atoms with van der Waals surface area (Å²) < 4.78 is 6.74. The first kappa shape index (κ1) is 6.94. The molecule has 60 valence electrons. The normalized spacial score (nSPS) is 18.3. The molecule has 2 N–H and O–H groups in total. The Labute approximate surface area is 68.9 Å². The lowest BCUT2D eigenvalue weighted by Crippen LogP contribution is -2.30. The average Bonchev–Trinajstić information content (AvgIpc) is 2.08. The lowest BCUT2D eigenvalue weighted by atomic mass is 10.3. The zero-order valence-electron chi connectivity index (χ0n) is 5.83. The molecule has 0 spiro atoms. The molecule has 1 aromatic rings. The van der Waals surface area contributed by atoms with Crippen LogP contribution in [0.4, 0.5) is 5.82 Å². The largest absolute Gasteiger partial charge is 0.381 e. The number of halogens is 1. The first-order valence-corrected chi connectivity index (χ1v) is 3.73. The Balaban J connectivity index is 2.24. The van der Waals surface area contributed by atoms with Crippen LogP contribution in [0.3, 0.4) is 0 Å². The van der Waals surface area contributed by atoms with Crippen molar-refractivity contribution >= 4 is 17.4 Å². The maximum absolute atomic E-state index is 5.71. The molecule has 1 aliphatic rings. The number of nitrogen functional groups attached to an aromatic ring is 1. The van der Waals surface area contributed by atoms with Crippen LogP contribution in [0.1, 0.15) is 6.04 Å². The zero-order chi connectivity index (χ0) is 7.84. The van der Waals surface area contributed by atoms with Crippen LogP contribution in [0.15, 0.2) is 6.20 Å². The number of hydrogen-bond donors (Lipinski definition) is 1. The van der Waals surface area contributed by atoms with Gasteiger partial charge in [-0.05, 0) is 0 Å². The van der Waals surface area contributed by atoms with Crippen molar-refractivity contribution in [3.63, 3.8) is 0 Å². The molecule has 0 radical (unpaired) electrons. The molecule has 4 nitrogen and oxygen atoms in total. The third-order valence-corrected chi connectivity index (χ3v) is 2.00. The molecule has 1 aliphatic heterocycles. The summed E-state index contributed by atoms with van der Waals surface area (Å²) >= 11 is 5.71. The number of aromatic nitrogens is 2. The number of nitrogens with zero attached hydrogens (tertiary/aromatic N) is 2. The third-order valence-electron chi connectivity index (χ3n) is 1.71. The monoisotopic (exact) mass is 173 g/mol. The van der Waals surface area contributed by atoms with E-state index in [0.29, 0.717) is 30.1 Å². The van der Waals surface area contributed by atoms with E-state index in [0.717, 1.165) is 0 Å². The summed E-state index contributed by atoms with van der Waals surface area (Å²) in [7, 11) is 0. The highest BCUT2D eigenvalue weighted by atomic mass is 35.5. The Hall–Kier alpha value is -0.740. The van der Waals surface area contributed by atoms with E-state index in [1.165, 1.54) is 0 Å². The molecule has 1 saturated heterocycles. The van der Waals surface area contributed by atoms with Crippen LogP contribution in [0.25, 0.3) is 0 Å². The highest BCUT2D eigenvalue weighted by molar-refractivity contribution is 6.32. The van der Waals surface area contributed by atoms with Gasteiger partial charge in [0.05, 0.1) is 19.3 Å². The van der Waals surface area contributed by atoms with Gasteiger partial charge in [-0.1, -0.05) is 11.6 Å². The zero-order valence-corrected chi connectivity index (χ0v) is 6.58. The molecule has 11 heavy (non-hydrogen) atoms. The van der Waals surface area contributed by atoms with Gasteiger partial charge in [-0.15, -0.1) is 0 Å². The van der Waals surface area contributed by atoms with Crippen molar-refractivity contribution in [3.8, 4) is 0 Å². The molecule has 0 aliphatic carbocycles. The Bertz CT molecular complexity index is 249. The van der Waals surface area contributed by atoms with E-state index in [1.54, 1.807) is 10.9 Å². The van der Waals surface area contributed by atoms with Gasteiger partial charge in [0.15, 0.2) is 5.82 Å². The van der Waals surface area contributed by atoms with Gasteiger partial charge in [0.2, 0.25) is 0 Å². The summed E-state index contributed by atoms with van der Waals surface area (Å²) in [5.74, 6) is 0.388. The standard InChI is InChI=1S/C6H8ClN3O/c7-5-1-10(9-6(5)8)4-2-11-3-4/h1,4H,2-3H2,(H2,8,9). The second-order valence-electron chi connectivity index (χ2n) is 2.53. The van der Waals surface area contributed by atoms with Gasteiger partial charge in [-0.25, -0.2) is 0 Å². The van der Waals surface area contributed by atoms with Crippen LogP contribution in [-0.2, 0) is 4.74 Å². The number of nitrogens with two attached hydrogens (primary N) is 1. The van der Waals surface area contributed by atoms with Gasteiger partial charge in [0.1, 0.15) is 5.02 Å². The molecular weight excluding hydrogens is 166 g/mol. The summed E-state index contributed by atoms with van der Waals surface area (Å²) in [6.07, 6.45) is 1.73. The predicted molar refractivity (Wildman–Crippen MR) is 41.5 cm³/mol. The van der Waals surface area contributed by atoms with Crippen LogP contribution in [-0.4, -0.2) is 23.0 Å². The maximum atomic E-state index is 5.71. The second kappa shape index (κ2) is 2.39. The van der Waals surface area contributed by atoms with Crippen molar-refractivity contribution in [2.75, 3.05) is 18.9 Å². The molecule has 0 saturated carbocycles. The average molecular weight is 174 g/mol. The van der Waals surface area contributed by atoms with Gasteiger partial charge in [-0.2, -0.15) is 5.10 Å². The van der Waals surface area contributed by atoms with Gasteiger partial charge in [0, 0.05) is 6.20 Å². The summed E-state index contributed by atoms with van der Waals surface area (Å²) in [4.78, 5) is 0. The quantitative estimate of drug-likeness (QED) is 0.680. The first-order chi connectivity index (χ1) is 5.27. The van der Waals surface area contributed by atoms with Crippen LogP contribution < -0.4 is 5.73 Å². The van der Waals surface area contributed by atoms with Crippen LogP contribution in [0.2, 0.25) is 5.02 Å². The van der Waals surface area contributed by atoms with Gasteiger partial charge >= 0.3 is 0 Å². The Kier molecular flexibility index (Phi) is 1.51. The smallest absolute Gasteiger partial charge is 0.164 e. The van der Waals surface area contributed by atoms with Crippen molar-refractivity contribution in [1.82, 2.24) is 9.78 Å². The van der Waals surface area contributed by atoms with Crippen molar-refractivity contribution in [1.29, 1.82) is 0 Å². The van der Waals surface area contributed by atoms with E-state index in [4.69, 9.17) is 22.1 Å². The fraction of sp³-hybridized carbons (Fsp3) is 0.500. The molecule has 0 bridgehead atoms. The Morgan fingerprint density at radius 3 is 2.82 bits per heavy atom. The van der Waals surface area contributed by atoms with Crippen molar-refractivity contribution < 1.29 is 4.74 Å². The summed E-state index contributed by atoms with van der Waals surface area (Å²) in [5, 5.41) is 4.53. The van der Waals surface area contributed by atoms with Crippen LogP contribution >= 0.6 is 11.6 Å². The fourth-order valence-corrected chi connectivity index (χ4v) is 1.08. The summed E-state index contributed by atoms with van der Waals surface area (Å²) in [5.41, 5.74) is 5.45. The molecule has 1 aromatic heterocycles. The van der Waals surface area contributed by atoms with Crippen molar-refractivity contribution in [2.24, 2.45) is 0 Å². The van der Waals surface area contributed by atoms with Crippen molar-refractivity contribution in [2.45, 2.75) is 6.04 Å². The first-order valence-electron chi connectivity index (χ1n) is 3.35. The third kappa shape index (κ3) is 1.08. The fourth-order valence-electron chi connectivity index (χ4n) is 0.946. The van der Waals surface area contributed by atoms with E-state index in [9.17, 15) is 0 Å². The molecule has 0 amide bonds. The molecule has 2 rings (SSSR count).